The first-order valence-corrected chi connectivity index (χ1v) is 13.0. The molecular weight excluding hydrogens is 470 g/mol. The van der Waals surface area contributed by atoms with E-state index < -0.39 is 15.9 Å². The molecule has 2 heterocycles. The zero-order chi connectivity index (χ0) is 25.0. The number of anilines is 1. The summed E-state index contributed by atoms with van der Waals surface area (Å²) in [5.74, 6) is -0.531. The summed E-state index contributed by atoms with van der Waals surface area (Å²) in [6, 6.07) is 10.3. The van der Waals surface area contributed by atoms with Crippen molar-refractivity contribution in [2.24, 2.45) is 0 Å². The van der Waals surface area contributed by atoms with Gasteiger partial charge in [-0.25, -0.2) is 17.7 Å². The number of nitriles is 1. The van der Waals surface area contributed by atoms with E-state index in [-0.39, 0.29) is 10.5 Å². The van der Waals surface area contributed by atoms with Crippen molar-refractivity contribution in [3.8, 4) is 17.3 Å². The zero-order valence-electron chi connectivity index (χ0n) is 19.8. The number of nitrogens with one attached hydrogen (secondary N) is 1. The molecule has 0 unspecified atom stereocenters. The second-order valence-corrected chi connectivity index (χ2v) is 11.0. The van der Waals surface area contributed by atoms with E-state index in [1.807, 2.05) is 26.0 Å². The number of hydrogen-bond donors (Lipinski definition) is 1. The quantitative estimate of drug-likeness (QED) is 0.366. The van der Waals surface area contributed by atoms with Crippen molar-refractivity contribution in [3.05, 3.63) is 58.2 Å². The number of aromatic nitrogens is 2. The van der Waals surface area contributed by atoms with E-state index in [0.717, 1.165) is 34.2 Å². The predicted octanol–water partition coefficient (Wildman–Crippen LogP) is 4.43. The Hall–Kier alpha value is -3.26. The molecule has 0 saturated carbocycles. The summed E-state index contributed by atoms with van der Waals surface area (Å²) in [5.41, 5.74) is 4.24. The van der Waals surface area contributed by atoms with Gasteiger partial charge < -0.3 is 4.57 Å². The molecule has 0 fully saturated rings. The molecule has 3 rings (SSSR count). The third-order valence-electron chi connectivity index (χ3n) is 5.38. The highest BCUT2D eigenvalue weighted by atomic mass is 32.2. The molecule has 0 aliphatic heterocycles. The average Bonchev–Trinajstić information content (AvgIpc) is 3.37. The lowest BCUT2D eigenvalue weighted by Gasteiger charge is -2.11. The lowest BCUT2D eigenvalue weighted by atomic mass is 10.1. The summed E-state index contributed by atoms with van der Waals surface area (Å²) >= 11 is 1.23. The molecule has 0 spiro atoms. The molecule has 3 aromatic rings. The second-order valence-electron chi connectivity index (χ2n) is 7.95. The normalized spacial score (nSPS) is 12.1. The van der Waals surface area contributed by atoms with Gasteiger partial charge in [0.2, 0.25) is 10.0 Å². The minimum absolute atomic E-state index is 0.00764. The molecule has 0 bridgehead atoms. The van der Waals surface area contributed by atoms with Crippen LogP contribution in [0.2, 0.25) is 0 Å². The molecular formula is C24H27N5O3S2. The SMILES string of the molecule is CCCn1c(C)cc(/C=C(\C#N)C(=O)Nc2nc(-c3ccc(S(=O)(=O)N(C)C)cc3)cs2)c1C. The predicted molar refractivity (Wildman–Crippen MR) is 135 cm³/mol. The molecule has 2 aromatic heterocycles. The van der Waals surface area contributed by atoms with Gasteiger partial charge in [-0.15, -0.1) is 11.3 Å². The van der Waals surface area contributed by atoms with Gasteiger partial charge in [-0.1, -0.05) is 19.1 Å². The Bertz CT molecular complexity index is 1370. The second kappa shape index (κ2) is 10.3. The first kappa shape index (κ1) is 25.4. The summed E-state index contributed by atoms with van der Waals surface area (Å²) in [5, 5.41) is 14.4. The Morgan fingerprint density at radius 1 is 1.26 bits per heavy atom. The van der Waals surface area contributed by atoms with Crippen LogP contribution < -0.4 is 5.32 Å². The Labute approximate surface area is 204 Å². The van der Waals surface area contributed by atoms with Crippen molar-refractivity contribution in [2.75, 3.05) is 19.4 Å². The van der Waals surface area contributed by atoms with E-state index >= 15 is 0 Å². The highest BCUT2D eigenvalue weighted by Crippen LogP contribution is 2.27. The van der Waals surface area contributed by atoms with Crippen molar-refractivity contribution < 1.29 is 13.2 Å². The van der Waals surface area contributed by atoms with Crippen LogP contribution in [0, 0.1) is 25.2 Å². The van der Waals surface area contributed by atoms with Crippen molar-refractivity contribution in [3.63, 3.8) is 0 Å². The average molecular weight is 498 g/mol. The molecule has 1 aromatic carbocycles. The summed E-state index contributed by atoms with van der Waals surface area (Å²) in [4.78, 5) is 17.3. The fourth-order valence-electron chi connectivity index (χ4n) is 3.48. The third kappa shape index (κ3) is 5.28. The molecule has 0 aliphatic rings. The summed E-state index contributed by atoms with van der Waals surface area (Å²) < 4.78 is 27.8. The number of carbonyl (C=O) groups is 1. The Morgan fingerprint density at radius 3 is 2.53 bits per heavy atom. The van der Waals surface area contributed by atoms with Gasteiger partial charge in [-0.3, -0.25) is 10.1 Å². The van der Waals surface area contributed by atoms with Crippen molar-refractivity contribution in [2.45, 2.75) is 38.6 Å². The van der Waals surface area contributed by atoms with Crippen LogP contribution in [0.3, 0.4) is 0 Å². The lowest BCUT2D eigenvalue weighted by molar-refractivity contribution is -0.112. The van der Waals surface area contributed by atoms with Gasteiger partial charge in [0, 0.05) is 43.0 Å². The molecule has 0 atom stereocenters. The first-order valence-electron chi connectivity index (χ1n) is 10.7. The van der Waals surface area contributed by atoms with Gasteiger partial charge in [0.1, 0.15) is 11.6 Å². The van der Waals surface area contributed by atoms with Crippen LogP contribution >= 0.6 is 11.3 Å². The van der Waals surface area contributed by atoms with Crippen LogP contribution in [0.5, 0.6) is 0 Å². The fraction of sp³-hybridized carbons (Fsp3) is 0.292. The van der Waals surface area contributed by atoms with Gasteiger partial charge >= 0.3 is 0 Å². The topological polar surface area (TPSA) is 108 Å². The van der Waals surface area contributed by atoms with Crippen LogP contribution in [-0.2, 0) is 21.4 Å². The van der Waals surface area contributed by atoms with Crippen molar-refractivity contribution >= 4 is 38.5 Å². The van der Waals surface area contributed by atoms with E-state index in [2.05, 4.69) is 21.8 Å². The molecule has 0 radical (unpaired) electrons. The maximum absolute atomic E-state index is 12.7. The molecule has 1 N–H and O–H groups in total. The molecule has 0 saturated heterocycles. The molecule has 1 amide bonds. The summed E-state index contributed by atoms with van der Waals surface area (Å²) in [7, 11) is -0.557. The Kier molecular flexibility index (Phi) is 7.71. The third-order valence-corrected chi connectivity index (χ3v) is 7.97. The van der Waals surface area contributed by atoms with Crippen LogP contribution in [0.1, 0.15) is 30.3 Å². The number of amides is 1. The number of aryl methyl sites for hydroxylation is 1. The number of hydrogen-bond acceptors (Lipinski definition) is 6. The highest BCUT2D eigenvalue weighted by Gasteiger charge is 2.18. The molecule has 0 aliphatic carbocycles. The van der Waals surface area contributed by atoms with Gasteiger partial charge in [0.15, 0.2) is 5.13 Å². The Balaban J connectivity index is 1.78. The van der Waals surface area contributed by atoms with Crippen molar-refractivity contribution in [1.82, 2.24) is 13.9 Å². The van der Waals surface area contributed by atoms with Gasteiger partial charge in [0.05, 0.1) is 10.6 Å². The summed E-state index contributed by atoms with van der Waals surface area (Å²) in [6.45, 7) is 6.96. The molecule has 8 nitrogen and oxygen atoms in total. The van der Waals surface area contributed by atoms with E-state index in [0.29, 0.717) is 16.4 Å². The van der Waals surface area contributed by atoms with Crippen LogP contribution in [-0.4, -0.2) is 42.3 Å². The number of carbonyl (C=O) groups excluding carboxylic acids is 1. The van der Waals surface area contributed by atoms with E-state index in [4.69, 9.17) is 0 Å². The highest BCUT2D eigenvalue weighted by molar-refractivity contribution is 7.89. The maximum Gasteiger partial charge on any atom is 0.268 e. The van der Waals surface area contributed by atoms with Gasteiger partial charge in [-0.2, -0.15) is 5.26 Å². The minimum Gasteiger partial charge on any atom is -0.349 e. The Morgan fingerprint density at radius 2 is 1.94 bits per heavy atom. The number of thiazole rings is 1. The number of benzene rings is 1. The van der Waals surface area contributed by atoms with E-state index in [9.17, 15) is 18.5 Å². The number of nitrogens with zero attached hydrogens (tertiary/aromatic N) is 4. The number of sulfonamides is 1. The van der Waals surface area contributed by atoms with Gasteiger partial charge in [0.25, 0.3) is 5.91 Å². The smallest absolute Gasteiger partial charge is 0.268 e. The monoisotopic (exact) mass is 497 g/mol. The minimum atomic E-state index is -3.51. The fourth-order valence-corrected chi connectivity index (χ4v) is 5.10. The standard InChI is InChI=1S/C24H27N5O3S2/c1-6-11-29-16(2)12-19(17(29)3)13-20(14-25)23(30)27-24-26-22(15-33-24)18-7-9-21(10-8-18)34(31,32)28(4)5/h7-10,12-13,15H,6,11H2,1-5H3,(H,26,27,30)/b20-13+. The van der Waals surface area contributed by atoms with E-state index in [1.54, 1.807) is 23.6 Å². The van der Waals surface area contributed by atoms with Crippen LogP contribution in [0.4, 0.5) is 5.13 Å². The molecule has 10 heteroatoms. The van der Waals surface area contributed by atoms with Crippen LogP contribution in [0.15, 0.2) is 46.2 Å². The van der Waals surface area contributed by atoms with E-state index in [1.165, 1.54) is 37.6 Å². The molecule has 34 heavy (non-hydrogen) atoms. The lowest BCUT2D eigenvalue weighted by Crippen LogP contribution is -2.22. The summed E-state index contributed by atoms with van der Waals surface area (Å²) in [6.07, 6.45) is 2.59. The van der Waals surface area contributed by atoms with Crippen molar-refractivity contribution in [1.29, 1.82) is 5.26 Å². The maximum atomic E-state index is 12.7. The number of rotatable bonds is 8. The first-order chi connectivity index (χ1) is 16.1. The van der Waals surface area contributed by atoms with Crippen LogP contribution in [0.25, 0.3) is 17.3 Å². The zero-order valence-corrected chi connectivity index (χ0v) is 21.4. The molecule has 178 valence electrons. The largest absolute Gasteiger partial charge is 0.349 e. The van der Waals surface area contributed by atoms with Gasteiger partial charge in [-0.05, 0) is 50.1 Å².